The molecule has 0 saturated heterocycles. The van der Waals surface area contributed by atoms with E-state index in [4.69, 9.17) is 0 Å². The molecular weight excluding hydrogens is 220 g/mol. The lowest BCUT2D eigenvalue weighted by Gasteiger charge is -2.20. The first-order chi connectivity index (χ1) is 8.85. The average Bonchev–Trinajstić information content (AvgIpc) is 2.80. The summed E-state index contributed by atoms with van der Waals surface area (Å²) in [7, 11) is 0. The summed E-state index contributed by atoms with van der Waals surface area (Å²) < 4.78 is 2.21. The van der Waals surface area contributed by atoms with Crippen LogP contribution in [0.3, 0.4) is 0 Å². The zero-order valence-electron chi connectivity index (χ0n) is 11.6. The van der Waals surface area contributed by atoms with Gasteiger partial charge < -0.3 is 9.30 Å². The van der Waals surface area contributed by atoms with Crippen LogP contribution in [0.2, 0.25) is 0 Å². The van der Waals surface area contributed by atoms with Crippen LogP contribution in [0.4, 0.5) is 0 Å². The number of pyridine rings is 1. The zero-order valence-corrected chi connectivity index (χ0v) is 11.6. The number of aromatic nitrogens is 1. The van der Waals surface area contributed by atoms with Crippen LogP contribution in [0.1, 0.15) is 32.3 Å². The van der Waals surface area contributed by atoms with Gasteiger partial charge in [-0.1, -0.05) is 19.9 Å². The predicted octanol–water partition coefficient (Wildman–Crippen LogP) is 3.60. The van der Waals surface area contributed by atoms with Crippen LogP contribution in [-0.4, -0.2) is 28.9 Å². The summed E-state index contributed by atoms with van der Waals surface area (Å²) in [5, 5.41) is 0. The Balaban J connectivity index is 2.00. The van der Waals surface area contributed by atoms with Gasteiger partial charge >= 0.3 is 0 Å². The third kappa shape index (κ3) is 3.14. The van der Waals surface area contributed by atoms with Crippen molar-refractivity contribution in [3.8, 4) is 0 Å². The molecule has 0 saturated carbocycles. The smallest absolute Gasteiger partial charge is 0.0482 e. The van der Waals surface area contributed by atoms with E-state index >= 15 is 0 Å². The molecule has 2 aromatic heterocycles. The fourth-order valence-corrected chi connectivity index (χ4v) is 2.57. The minimum Gasteiger partial charge on any atom is -0.324 e. The van der Waals surface area contributed by atoms with Gasteiger partial charge in [-0.2, -0.15) is 0 Å². The monoisotopic (exact) mass is 244 g/mol. The van der Waals surface area contributed by atoms with Crippen molar-refractivity contribution < 1.29 is 0 Å². The molecule has 0 aliphatic rings. The van der Waals surface area contributed by atoms with E-state index in [0.717, 1.165) is 6.42 Å². The number of rotatable bonds is 7. The van der Waals surface area contributed by atoms with Crippen LogP contribution in [0.15, 0.2) is 36.7 Å². The van der Waals surface area contributed by atoms with Gasteiger partial charge in [-0.05, 0) is 56.1 Å². The maximum Gasteiger partial charge on any atom is 0.0482 e. The quantitative estimate of drug-likeness (QED) is 0.722. The highest BCUT2D eigenvalue weighted by atomic mass is 15.1. The Hall–Kier alpha value is -1.28. The third-order valence-electron chi connectivity index (χ3n) is 3.43. The summed E-state index contributed by atoms with van der Waals surface area (Å²) in [5.74, 6) is 0. The van der Waals surface area contributed by atoms with E-state index in [2.05, 4.69) is 59.8 Å². The first kappa shape index (κ1) is 13.2. The van der Waals surface area contributed by atoms with Gasteiger partial charge in [-0.25, -0.2) is 0 Å². The van der Waals surface area contributed by atoms with Crippen LogP contribution in [0.5, 0.6) is 0 Å². The molecule has 98 valence electrons. The molecular formula is C16H24N2. The van der Waals surface area contributed by atoms with Crippen LogP contribution >= 0.6 is 0 Å². The number of hydrogen-bond donors (Lipinski definition) is 0. The Morgan fingerprint density at radius 3 is 2.44 bits per heavy atom. The van der Waals surface area contributed by atoms with E-state index in [1.165, 1.54) is 43.6 Å². The van der Waals surface area contributed by atoms with Crippen molar-refractivity contribution in [3.05, 3.63) is 42.2 Å². The molecule has 2 heterocycles. The highest BCUT2D eigenvalue weighted by molar-refractivity contribution is 5.55. The molecule has 0 bridgehead atoms. The molecule has 0 atom stereocenters. The third-order valence-corrected chi connectivity index (χ3v) is 3.43. The summed E-state index contributed by atoms with van der Waals surface area (Å²) in [6.07, 6.45) is 7.93. The van der Waals surface area contributed by atoms with Crippen molar-refractivity contribution in [2.75, 3.05) is 19.6 Å². The Labute approximate surface area is 110 Å². The first-order valence-corrected chi connectivity index (χ1v) is 7.12. The molecule has 0 spiro atoms. The second-order valence-electron chi connectivity index (χ2n) is 4.93. The second kappa shape index (κ2) is 6.60. The Morgan fingerprint density at radius 1 is 0.944 bits per heavy atom. The molecule has 0 fully saturated rings. The number of hydrogen-bond acceptors (Lipinski definition) is 1. The maximum absolute atomic E-state index is 2.58. The van der Waals surface area contributed by atoms with E-state index in [-0.39, 0.29) is 0 Å². The molecule has 0 aliphatic heterocycles. The predicted molar refractivity (Wildman–Crippen MR) is 78.1 cm³/mol. The van der Waals surface area contributed by atoms with Gasteiger partial charge in [0.25, 0.3) is 0 Å². The van der Waals surface area contributed by atoms with E-state index in [1.807, 2.05) is 0 Å². The summed E-state index contributed by atoms with van der Waals surface area (Å²) in [4.78, 5) is 2.58. The van der Waals surface area contributed by atoms with Gasteiger partial charge in [0.05, 0.1) is 0 Å². The van der Waals surface area contributed by atoms with Crippen LogP contribution in [-0.2, 0) is 6.42 Å². The Morgan fingerprint density at radius 2 is 1.72 bits per heavy atom. The van der Waals surface area contributed by atoms with E-state index in [1.54, 1.807) is 0 Å². The topological polar surface area (TPSA) is 7.65 Å². The Kier molecular flexibility index (Phi) is 4.82. The minimum atomic E-state index is 1.15. The minimum absolute atomic E-state index is 1.15. The first-order valence-electron chi connectivity index (χ1n) is 7.12. The molecule has 0 amide bonds. The van der Waals surface area contributed by atoms with Crippen molar-refractivity contribution in [2.24, 2.45) is 0 Å². The SMILES string of the molecule is CCCN(CCC)CCc1ccn2ccccc12. The normalized spacial score (nSPS) is 11.5. The molecule has 0 aliphatic carbocycles. The standard InChI is InChI=1S/C16H24N2/c1-3-10-17(11-4-2)13-8-15-9-14-18-12-6-5-7-16(15)18/h5-7,9,12,14H,3-4,8,10-11,13H2,1-2H3. The number of fused-ring (bicyclic) bond motifs is 1. The van der Waals surface area contributed by atoms with Crippen molar-refractivity contribution in [1.29, 1.82) is 0 Å². The van der Waals surface area contributed by atoms with Gasteiger partial charge in [-0.15, -0.1) is 0 Å². The number of nitrogens with zero attached hydrogens (tertiary/aromatic N) is 2. The van der Waals surface area contributed by atoms with Crippen molar-refractivity contribution in [1.82, 2.24) is 9.30 Å². The van der Waals surface area contributed by atoms with Crippen LogP contribution in [0.25, 0.3) is 5.52 Å². The van der Waals surface area contributed by atoms with Crippen molar-refractivity contribution in [3.63, 3.8) is 0 Å². The Bertz CT molecular complexity index is 467. The lowest BCUT2D eigenvalue weighted by Crippen LogP contribution is -2.27. The largest absolute Gasteiger partial charge is 0.324 e. The maximum atomic E-state index is 2.58. The van der Waals surface area contributed by atoms with E-state index in [9.17, 15) is 0 Å². The van der Waals surface area contributed by atoms with E-state index in [0.29, 0.717) is 0 Å². The molecule has 2 rings (SSSR count). The van der Waals surface area contributed by atoms with Crippen LogP contribution in [0, 0.1) is 0 Å². The summed E-state index contributed by atoms with van der Waals surface area (Å²) >= 11 is 0. The summed E-state index contributed by atoms with van der Waals surface area (Å²) in [5.41, 5.74) is 2.82. The van der Waals surface area contributed by atoms with Gasteiger partial charge in [0.15, 0.2) is 0 Å². The summed E-state index contributed by atoms with van der Waals surface area (Å²) in [6.45, 7) is 8.14. The van der Waals surface area contributed by atoms with Crippen molar-refractivity contribution in [2.45, 2.75) is 33.1 Å². The highest BCUT2D eigenvalue weighted by Crippen LogP contribution is 2.13. The van der Waals surface area contributed by atoms with Crippen molar-refractivity contribution >= 4 is 5.52 Å². The van der Waals surface area contributed by atoms with E-state index < -0.39 is 0 Å². The lowest BCUT2D eigenvalue weighted by molar-refractivity contribution is 0.278. The van der Waals surface area contributed by atoms with Gasteiger partial charge in [0.2, 0.25) is 0 Å². The van der Waals surface area contributed by atoms with Gasteiger partial charge in [-0.3, -0.25) is 0 Å². The van der Waals surface area contributed by atoms with Crippen LogP contribution < -0.4 is 0 Å². The summed E-state index contributed by atoms with van der Waals surface area (Å²) in [6, 6.07) is 8.66. The molecule has 0 N–H and O–H groups in total. The zero-order chi connectivity index (χ0) is 12.8. The molecule has 0 radical (unpaired) electrons. The average molecular weight is 244 g/mol. The molecule has 2 aromatic rings. The molecule has 18 heavy (non-hydrogen) atoms. The molecule has 2 heteroatoms. The lowest BCUT2D eigenvalue weighted by atomic mass is 10.2. The molecule has 0 aromatic carbocycles. The fraction of sp³-hybridized carbons (Fsp3) is 0.500. The second-order valence-corrected chi connectivity index (χ2v) is 4.93. The van der Waals surface area contributed by atoms with Gasteiger partial charge in [0, 0.05) is 24.5 Å². The fourth-order valence-electron chi connectivity index (χ4n) is 2.57. The molecule has 0 unspecified atom stereocenters. The highest BCUT2D eigenvalue weighted by Gasteiger charge is 2.05. The van der Waals surface area contributed by atoms with Gasteiger partial charge in [0.1, 0.15) is 0 Å². The molecule has 2 nitrogen and oxygen atoms in total.